The van der Waals surface area contributed by atoms with Gasteiger partial charge in [-0.05, 0) is 72.8 Å². The van der Waals surface area contributed by atoms with Crippen LogP contribution in [0.5, 0.6) is 0 Å². The van der Waals surface area contributed by atoms with Crippen LogP contribution in [0.25, 0.3) is 46.4 Å². The lowest BCUT2D eigenvalue weighted by atomic mass is 10.3. The average Bonchev–Trinajstić information content (AvgIpc) is 3.48. The molecule has 5 heterocycles. The third-order valence-corrected chi connectivity index (χ3v) is 4.33. The van der Waals surface area contributed by atoms with Crippen LogP contribution in [-0.2, 0) is 4.74 Å². The van der Waals surface area contributed by atoms with E-state index in [0.29, 0.717) is 6.61 Å². The Morgan fingerprint density at radius 1 is 0.724 bits per heavy atom. The second-order valence-corrected chi connectivity index (χ2v) is 6.65. The van der Waals surface area contributed by atoms with Crippen LogP contribution in [0.3, 0.4) is 0 Å². The van der Waals surface area contributed by atoms with Crippen molar-refractivity contribution in [2.75, 3.05) is 13.7 Å². The molecule has 0 unspecified atom stereocenters. The molecule has 2 aliphatic rings. The Hall–Kier alpha value is -3.70. The van der Waals surface area contributed by atoms with Gasteiger partial charge in [0.05, 0.1) is 29.4 Å². The molecule has 5 heteroatoms. The smallest absolute Gasteiger partial charge is 0.0659 e. The van der Waals surface area contributed by atoms with E-state index in [1.165, 1.54) is 0 Å². The highest BCUT2D eigenvalue weighted by Gasteiger charge is 2.02. The first kappa shape index (κ1) is 18.7. The zero-order valence-electron chi connectivity index (χ0n) is 16.2. The van der Waals surface area contributed by atoms with E-state index in [1.54, 1.807) is 13.2 Å². The van der Waals surface area contributed by atoms with Crippen molar-refractivity contribution < 1.29 is 4.74 Å². The highest BCUT2D eigenvalue weighted by Crippen LogP contribution is 2.17. The molecule has 3 aromatic heterocycles. The summed E-state index contributed by atoms with van der Waals surface area (Å²) in [5, 5.41) is 0. The predicted molar refractivity (Wildman–Crippen MR) is 121 cm³/mol. The zero-order chi connectivity index (χ0) is 20.1. The largest absolute Gasteiger partial charge is 0.381 e. The summed E-state index contributed by atoms with van der Waals surface area (Å²) in [5.74, 6) is 0. The van der Waals surface area contributed by atoms with Crippen LogP contribution >= 0.6 is 0 Å². The molecule has 0 spiro atoms. The third kappa shape index (κ3) is 4.78. The zero-order valence-corrected chi connectivity index (χ0v) is 16.2. The number of methoxy groups -OCH3 is 1. The highest BCUT2D eigenvalue weighted by molar-refractivity contribution is 5.77. The molecule has 0 aromatic carbocycles. The number of aromatic nitrogens is 4. The van der Waals surface area contributed by atoms with Gasteiger partial charge in [-0.2, -0.15) is 0 Å². The fraction of sp³-hybridized carbons (Fsp3) is 0.0833. The van der Waals surface area contributed by atoms with Crippen LogP contribution < -0.4 is 0 Å². The van der Waals surface area contributed by atoms with Gasteiger partial charge in [-0.25, -0.2) is 9.97 Å². The number of hydrogen-bond donors (Lipinski definition) is 2. The van der Waals surface area contributed by atoms with Gasteiger partial charge in [0.15, 0.2) is 0 Å². The van der Waals surface area contributed by atoms with Crippen molar-refractivity contribution in [1.29, 1.82) is 0 Å². The summed E-state index contributed by atoms with van der Waals surface area (Å²) in [6.45, 7) is 4.08. The summed E-state index contributed by atoms with van der Waals surface area (Å²) in [6.07, 6.45) is 9.76. The van der Waals surface area contributed by atoms with Crippen LogP contribution in [0.1, 0.15) is 22.8 Å². The third-order valence-electron chi connectivity index (χ3n) is 4.33. The minimum Gasteiger partial charge on any atom is -0.381 e. The van der Waals surface area contributed by atoms with Crippen molar-refractivity contribution in [2.45, 2.75) is 0 Å². The lowest BCUT2D eigenvalue weighted by Crippen LogP contribution is -1.77. The Morgan fingerprint density at radius 3 is 1.52 bits per heavy atom. The van der Waals surface area contributed by atoms with Crippen molar-refractivity contribution in [3.05, 3.63) is 84.0 Å². The summed E-state index contributed by atoms with van der Waals surface area (Å²) in [6, 6.07) is 16.4. The SMILES string of the molecule is C1=Cc2cc3ccc(cc4ccc(cc5nc(cc1n2)C=C5)[nH]4)[nH]3.C=CCOC. The van der Waals surface area contributed by atoms with E-state index in [-0.39, 0.29) is 0 Å². The van der Waals surface area contributed by atoms with Crippen molar-refractivity contribution in [3.8, 4) is 0 Å². The summed E-state index contributed by atoms with van der Waals surface area (Å²) in [4.78, 5) is 16.0. The normalized spacial score (nSPS) is 11.8. The summed E-state index contributed by atoms with van der Waals surface area (Å²) in [7, 11) is 1.64. The lowest BCUT2D eigenvalue weighted by Gasteiger charge is -1.86. The molecule has 8 bridgehead atoms. The minimum atomic E-state index is 0.653. The molecule has 0 saturated heterocycles. The number of aromatic amines is 2. The van der Waals surface area contributed by atoms with Crippen LogP contribution in [-0.4, -0.2) is 33.7 Å². The van der Waals surface area contributed by atoms with Crippen molar-refractivity contribution in [1.82, 2.24) is 19.9 Å². The molecular weight excluding hydrogens is 360 g/mol. The van der Waals surface area contributed by atoms with E-state index in [9.17, 15) is 0 Å². The van der Waals surface area contributed by atoms with Gasteiger partial charge in [0, 0.05) is 29.2 Å². The fourth-order valence-electron chi connectivity index (χ4n) is 3.06. The second kappa shape index (κ2) is 8.54. The fourth-order valence-corrected chi connectivity index (χ4v) is 3.06. The molecule has 0 saturated carbocycles. The molecule has 0 aliphatic carbocycles. The van der Waals surface area contributed by atoms with E-state index in [2.05, 4.69) is 61.6 Å². The van der Waals surface area contributed by atoms with Crippen LogP contribution in [0.4, 0.5) is 0 Å². The first-order chi connectivity index (χ1) is 14.2. The molecule has 2 aliphatic heterocycles. The standard InChI is InChI=1S/C20H14N4.C4H8O/c1-2-14-10-16-5-6-18(23-16)12-20-8-7-19(24-20)11-17-4-3-15(22-17)9-13(1)21-14;1-3-4-5-2/h1-12,21-22H;3H,1,4H2,2H3. The van der Waals surface area contributed by atoms with Crippen molar-refractivity contribution in [3.63, 3.8) is 0 Å². The maximum absolute atomic E-state index is 4.62. The van der Waals surface area contributed by atoms with Crippen LogP contribution in [0.15, 0.2) is 61.2 Å². The minimum absolute atomic E-state index is 0.653. The molecular formula is C24H22N4O. The number of rotatable bonds is 2. The summed E-state index contributed by atoms with van der Waals surface area (Å²) >= 11 is 0. The molecule has 29 heavy (non-hydrogen) atoms. The number of H-pyrrole nitrogens is 2. The molecule has 3 aromatic rings. The molecule has 5 rings (SSSR count). The number of nitrogens with one attached hydrogen (secondary N) is 2. The summed E-state index contributed by atoms with van der Waals surface area (Å²) in [5.41, 5.74) is 7.86. The van der Waals surface area contributed by atoms with Gasteiger partial charge in [0.2, 0.25) is 0 Å². The Labute approximate surface area is 169 Å². The van der Waals surface area contributed by atoms with E-state index < -0.39 is 0 Å². The summed E-state index contributed by atoms with van der Waals surface area (Å²) < 4.78 is 4.57. The Morgan fingerprint density at radius 2 is 1.14 bits per heavy atom. The Kier molecular flexibility index (Phi) is 5.49. The van der Waals surface area contributed by atoms with Gasteiger partial charge in [0.1, 0.15) is 0 Å². The van der Waals surface area contributed by atoms with E-state index in [1.807, 2.05) is 42.5 Å². The molecule has 2 N–H and O–H groups in total. The number of ether oxygens (including phenoxy) is 1. The number of hydrogen-bond acceptors (Lipinski definition) is 3. The van der Waals surface area contributed by atoms with Gasteiger partial charge < -0.3 is 14.7 Å². The maximum atomic E-state index is 4.62. The average molecular weight is 382 g/mol. The molecule has 0 radical (unpaired) electrons. The Balaban J connectivity index is 0.000000369. The van der Waals surface area contributed by atoms with Gasteiger partial charge in [-0.1, -0.05) is 6.08 Å². The van der Waals surface area contributed by atoms with Crippen molar-refractivity contribution in [2.24, 2.45) is 0 Å². The van der Waals surface area contributed by atoms with Crippen LogP contribution in [0, 0.1) is 0 Å². The predicted octanol–water partition coefficient (Wildman–Crippen LogP) is 5.47. The van der Waals surface area contributed by atoms with E-state index in [4.69, 9.17) is 0 Å². The van der Waals surface area contributed by atoms with Gasteiger partial charge in [0.25, 0.3) is 0 Å². The molecule has 144 valence electrons. The maximum Gasteiger partial charge on any atom is 0.0659 e. The Bertz CT molecular complexity index is 1160. The monoisotopic (exact) mass is 382 g/mol. The lowest BCUT2D eigenvalue weighted by molar-refractivity contribution is 0.234. The van der Waals surface area contributed by atoms with Crippen molar-refractivity contribution >= 4 is 46.4 Å². The first-order valence-electron chi connectivity index (χ1n) is 9.36. The molecule has 0 amide bonds. The molecule has 0 fully saturated rings. The number of fused-ring (bicyclic) bond motifs is 8. The van der Waals surface area contributed by atoms with E-state index >= 15 is 0 Å². The quantitative estimate of drug-likeness (QED) is 0.398. The second-order valence-electron chi connectivity index (χ2n) is 6.65. The molecule has 0 atom stereocenters. The number of nitrogens with zero attached hydrogens (tertiary/aromatic N) is 2. The first-order valence-corrected chi connectivity index (χ1v) is 9.36. The highest BCUT2D eigenvalue weighted by atomic mass is 16.5. The van der Waals surface area contributed by atoms with Gasteiger partial charge >= 0.3 is 0 Å². The van der Waals surface area contributed by atoms with Gasteiger partial charge in [-0.15, -0.1) is 6.58 Å². The molecule has 5 nitrogen and oxygen atoms in total. The topological polar surface area (TPSA) is 66.6 Å². The van der Waals surface area contributed by atoms with Gasteiger partial charge in [-0.3, -0.25) is 0 Å². The van der Waals surface area contributed by atoms with Crippen LogP contribution in [0.2, 0.25) is 0 Å². The van der Waals surface area contributed by atoms with E-state index in [0.717, 1.165) is 44.8 Å².